The lowest BCUT2D eigenvalue weighted by atomic mass is 10.1. The quantitative estimate of drug-likeness (QED) is 0.806. The number of carbonyl (C=O) groups is 2. The number of carbonyl (C=O) groups excluding carboxylic acids is 2. The van der Waals surface area contributed by atoms with E-state index >= 15 is 0 Å². The maximum atomic E-state index is 12.2. The second-order valence-corrected chi connectivity index (χ2v) is 6.04. The third kappa shape index (κ3) is 4.73. The highest BCUT2D eigenvalue weighted by atomic mass is 16.6. The summed E-state index contributed by atoms with van der Waals surface area (Å²) in [6.45, 7) is 0.297. The molecule has 27 heavy (non-hydrogen) atoms. The number of nitriles is 1. The smallest absolute Gasteiger partial charge is 0.407 e. The summed E-state index contributed by atoms with van der Waals surface area (Å²) in [6.07, 6.45) is 0.253. The van der Waals surface area contributed by atoms with Crippen molar-refractivity contribution in [2.75, 3.05) is 19.0 Å². The highest BCUT2D eigenvalue weighted by Gasteiger charge is 2.24. The monoisotopic (exact) mass is 366 g/mol. The van der Waals surface area contributed by atoms with E-state index in [2.05, 4.69) is 15.6 Å². The van der Waals surface area contributed by atoms with E-state index < -0.39 is 6.09 Å². The summed E-state index contributed by atoms with van der Waals surface area (Å²) < 4.78 is 10.2. The summed E-state index contributed by atoms with van der Waals surface area (Å²) in [7, 11) is 1.50. The molecule has 0 bridgehead atoms. The van der Waals surface area contributed by atoms with Gasteiger partial charge in [-0.1, -0.05) is 12.1 Å². The predicted octanol–water partition coefficient (Wildman–Crippen LogP) is 1.79. The maximum Gasteiger partial charge on any atom is 0.407 e. The first-order valence-corrected chi connectivity index (χ1v) is 8.33. The molecule has 2 aromatic rings. The van der Waals surface area contributed by atoms with Gasteiger partial charge in [0.2, 0.25) is 11.8 Å². The Bertz CT molecular complexity index is 890. The number of rotatable bonds is 6. The van der Waals surface area contributed by atoms with Gasteiger partial charge in [-0.05, 0) is 29.8 Å². The summed E-state index contributed by atoms with van der Waals surface area (Å²) in [4.78, 5) is 27.6. The normalized spacial score (nSPS) is 15.4. The lowest BCUT2D eigenvalue weighted by Crippen LogP contribution is -2.28. The lowest BCUT2D eigenvalue weighted by molar-refractivity contribution is -0.115. The van der Waals surface area contributed by atoms with Crippen LogP contribution < -0.4 is 15.4 Å². The number of ether oxygens (including phenoxy) is 2. The Kier molecular flexibility index (Phi) is 5.52. The fourth-order valence-corrected chi connectivity index (χ4v) is 2.74. The van der Waals surface area contributed by atoms with E-state index in [9.17, 15) is 9.59 Å². The van der Waals surface area contributed by atoms with Crippen molar-refractivity contribution in [3.05, 3.63) is 53.1 Å². The van der Waals surface area contributed by atoms with Crippen LogP contribution in [0.2, 0.25) is 0 Å². The van der Waals surface area contributed by atoms with E-state index in [1.165, 1.54) is 7.11 Å². The summed E-state index contributed by atoms with van der Waals surface area (Å²) in [6, 6.07) is 12.2. The minimum Gasteiger partial charge on any atom is -0.481 e. The van der Waals surface area contributed by atoms with Crippen LogP contribution in [0.25, 0.3) is 0 Å². The van der Waals surface area contributed by atoms with E-state index in [0.29, 0.717) is 30.3 Å². The van der Waals surface area contributed by atoms with Crippen molar-refractivity contribution in [2.24, 2.45) is 0 Å². The van der Waals surface area contributed by atoms with Crippen molar-refractivity contribution in [3.8, 4) is 11.9 Å². The van der Waals surface area contributed by atoms with Gasteiger partial charge >= 0.3 is 6.09 Å². The summed E-state index contributed by atoms with van der Waals surface area (Å²) in [5.41, 5.74) is 2.15. The van der Waals surface area contributed by atoms with Gasteiger partial charge in [0.25, 0.3) is 0 Å². The highest BCUT2D eigenvalue weighted by molar-refractivity contribution is 5.91. The molecule has 1 aliphatic heterocycles. The molecule has 8 nitrogen and oxygen atoms in total. The molecule has 1 aromatic heterocycles. The summed E-state index contributed by atoms with van der Waals surface area (Å²) in [5, 5.41) is 14.2. The van der Waals surface area contributed by atoms with Gasteiger partial charge in [0.1, 0.15) is 12.4 Å². The molecule has 1 fully saturated rings. The lowest BCUT2D eigenvalue weighted by Gasteiger charge is -2.12. The average molecular weight is 366 g/mol. The number of nitrogens with zero attached hydrogens (tertiary/aromatic N) is 2. The van der Waals surface area contributed by atoms with Gasteiger partial charge in [0.15, 0.2) is 0 Å². The Labute approximate surface area is 156 Å². The zero-order valence-electron chi connectivity index (χ0n) is 14.7. The molecule has 0 radical (unpaired) electrons. The van der Waals surface area contributed by atoms with Crippen LogP contribution >= 0.6 is 0 Å². The van der Waals surface area contributed by atoms with Gasteiger partial charge < -0.3 is 20.1 Å². The molecular weight excluding hydrogens is 348 g/mol. The Morgan fingerprint density at radius 2 is 2.15 bits per heavy atom. The number of alkyl carbamates (subject to hydrolysis) is 1. The molecule has 0 saturated carbocycles. The van der Waals surface area contributed by atoms with E-state index in [1.807, 2.05) is 6.07 Å². The topological polar surface area (TPSA) is 113 Å². The number of hydrogen-bond acceptors (Lipinski definition) is 6. The fraction of sp³-hybridized carbons (Fsp3) is 0.263. The Morgan fingerprint density at radius 1 is 1.37 bits per heavy atom. The molecule has 1 aliphatic rings. The SMILES string of the molecule is COc1nc(NC(=O)Cc2ccc(C#N)cc2)ccc1C[C@H]1COC(=O)N1. The molecule has 0 unspecified atom stereocenters. The van der Waals surface area contributed by atoms with E-state index in [-0.39, 0.29) is 18.4 Å². The molecule has 1 aromatic carbocycles. The van der Waals surface area contributed by atoms with E-state index in [1.54, 1.807) is 36.4 Å². The van der Waals surface area contributed by atoms with Crippen LogP contribution in [0.15, 0.2) is 36.4 Å². The molecule has 2 amide bonds. The van der Waals surface area contributed by atoms with Crippen LogP contribution in [-0.4, -0.2) is 36.7 Å². The number of benzene rings is 1. The first kappa shape index (κ1) is 18.2. The van der Waals surface area contributed by atoms with Crippen molar-refractivity contribution < 1.29 is 19.1 Å². The standard InChI is InChI=1S/C19H18N4O4/c1-26-18-14(9-15-11-27-19(25)21-15)6-7-16(23-18)22-17(24)8-12-2-4-13(10-20)5-3-12/h2-7,15H,8-9,11H2,1H3,(H,21,25)(H,22,23,24)/t15-/m0/s1. The van der Waals surface area contributed by atoms with Crippen molar-refractivity contribution in [3.63, 3.8) is 0 Å². The number of anilines is 1. The highest BCUT2D eigenvalue weighted by Crippen LogP contribution is 2.21. The van der Waals surface area contributed by atoms with E-state index in [0.717, 1.165) is 11.1 Å². The molecule has 3 rings (SSSR count). The largest absolute Gasteiger partial charge is 0.481 e. The van der Waals surface area contributed by atoms with E-state index in [4.69, 9.17) is 14.7 Å². The van der Waals surface area contributed by atoms with Gasteiger partial charge in [-0.25, -0.2) is 4.79 Å². The number of amides is 2. The van der Waals surface area contributed by atoms with Crippen LogP contribution in [0.5, 0.6) is 5.88 Å². The molecular formula is C19H18N4O4. The molecule has 138 valence electrons. The van der Waals surface area contributed by atoms with Crippen LogP contribution in [0.1, 0.15) is 16.7 Å². The number of cyclic esters (lactones) is 1. The Balaban J connectivity index is 1.63. The maximum absolute atomic E-state index is 12.2. The molecule has 1 atom stereocenters. The number of nitrogens with one attached hydrogen (secondary N) is 2. The second-order valence-electron chi connectivity index (χ2n) is 6.04. The van der Waals surface area contributed by atoms with Crippen LogP contribution in [0.4, 0.5) is 10.6 Å². The zero-order chi connectivity index (χ0) is 19.2. The number of hydrogen-bond donors (Lipinski definition) is 2. The number of pyridine rings is 1. The van der Waals surface area contributed by atoms with Crippen molar-refractivity contribution in [1.82, 2.24) is 10.3 Å². The molecule has 2 N–H and O–H groups in total. The van der Waals surface area contributed by atoms with Crippen molar-refractivity contribution in [1.29, 1.82) is 5.26 Å². The van der Waals surface area contributed by atoms with Crippen LogP contribution in [0, 0.1) is 11.3 Å². The average Bonchev–Trinajstić information content (AvgIpc) is 3.08. The minimum absolute atomic E-state index is 0.134. The minimum atomic E-state index is -0.432. The van der Waals surface area contributed by atoms with Crippen LogP contribution in [0.3, 0.4) is 0 Å². The summed E-state index contributed by atoms with van der Waals surface area (Å²) in [5.74, 6) is 0.534. The molecule has 0 spiro atoms. The van der Waals surface area contributed by atoms with Crippen molar-refractivity contribution in [2.45, 2.75) is 18.9 Å². The van der Waals surface area contributed by atoms with Gasteiger partial charge in [0, 0.05) is 12.0 Å². The van der Waals surface area contributed by atoms with Crippen molar-refractivity contribution >= 4 is 17.8 Å². The molecule has 2 heterocycles. The molecule has 1 saturated heterocycles. The third-order valence-corrected chi connectivity index (χ3v) is 4.05. The second kappa shape index (κ2) is 8.19. The van der Waals surface area contributed by atoms with Gasteiger partial charge in [0.05, 0.1) is 31.2 Å². The number of methoxy groups -OCH3 is 1. The van der Waals surface area contributed by atoms with Crippen LogP contribution in [-0.2, 0) is 22.4 Å². The van der Waals surface area contributed by atoms with Gasteiger partial charge in [-0.3, -0.25) is 4.79 Å². The first-order chi connectivity index (χ1) is 13.1. The molecule has 0 aliphatic carbocycles. The van der Waals surface area contributed by atoms with Gasteiger partial charge in [-0.15, -0.1) is 0 Å². The zero-order valence-corrected chi connectivity index (χ0v) is 14.7. The third-order valence-electron chi connectivity index (χ3n) is 4.05. The summed E-state index contributed by atoms with van der Waals surface area (Å²) >= 11 is 0. The Morgan fingerprint density at radius 3 is 2.78 bits per heavy atom. The molecule has 8 heteroatoms. The first-order valence-electron chi connectivity index (χ1n) is 8.33. The Hall–Kier alpha value is -3.60. The van der Waals surface area contributed by atoms with Gasteiger partial charge in [-0.2, -0.15) is 10.2 Å². The fourth-order valence-electron chi connectivity index (χ4n) is 2.74. The predicted molar refractivity (Wildman–Crippen MR) is 96.3 cm³/mol. The number of aromatic nitrogens is 1.